The number of amides is 1. The average molecular weight is 445 g/mol. The number of sulfonamides is 1. The minimum atomic E-state index is -3.66. The van der Waals surface area contributed by atoms with Gasteiger partial charge in [0.05, 0.1) is 10.3 Å². The van der Waals surface area contributed by atoms with Crippen molar-refractivity contribution < 1.29 is 17.6 Å². The van der Waals surface area contributed by atoms with Crippen molar-refractivity contribution in [3.63, 3.8) is 0 Å². The van der Waals surface area contributed by atoms with Crippen molar-refractivity contribution >= 4 is 15.9 Å². The summed E-state index contributed by atoms with van der Waals surface area (Å²) in [7, 11) is -3.66. The van der Waals surface area contributed by atoms with Crippen LogP contribution in [0.25, 0.3) is 0 Å². The number of nitrogens with zero attached hydrogens (tertiary/aromatic N) is 1. The van der Waals surface area contributed by atoms with Crippen LogP contribution in [0.2, 0.25) is 0 Å². The number of nitrogens with one attached hydrogen (secondary N) is 1. The molecule has 1 aliphatic heterocycles. The van der Waals surface area contributed by atoms with Crippen LogP contribution in [0.15, 0.2) is 47.4 Å². The van der Waals surface area contributed by atoms with Crippen molar-refractivity contribution in [1.82, 2.24) is 9.62 Å². The third kappa shape index (κ3) is 4.67. The number of rotatable bonds is 5. The lowest BCUT2D eigenvalue weighted by Gasteiger charge is -2.38. The second-order valence-electron chi connectivity index (χ2n) is 8.95. The van der Waals surface area contributed by atoms with E-state index in [1.807, 2.05) is 19.1 Å². The molecule has 1 amide bonds. The van der Waals surface area contributed by atoms with Gasteiger partial charge in [-0.3, -0.25) is 4.79 Å². The van der Waals surface area contributed by atoms with Gasteiger partial charge in [0.1, 0.15) is 5.82 Å². The zero-order chi connectivity index (χ0) is 22.1. The number of carbonyl (C=O) groups excluding carboxylic acids is 1. The molecule has 31 heavy (non-hydrogen) atoms. The van der Waals surface area contributed by atoms with E-state index in [4.69, 9.17) is 0 Å². The lowest BCUT2D eigenvalue weighted by Crippen LogP contribution is -2.51. The molecule has 1 saturated heterocycles. The fraction of sp³-hybridized carbons (Fsp3) is 0.458. The van der Waals surface area contributed by atoms with E-state index in [9.17, 15) is 17.6 Å². The van der Waals surface area contributed by atoms with Gasteiger partial charge in [0.2, 0.25) is 15.9 Å². The van der Waals surface area contributed by atoms with Crippen molar-refractivity contribution in [3.05, 3.63) is 65.0 Å². The molecule has 0 bridgehead atoms. The Morgan fingerprint density at radius 1 is 1.06 bits per heavy atom. The number of hydrogen-bond acceptors (Lipinski definition) is 3. The molecule has 5 nitrogen and oxygen atoms in total. The quantitative estimate of drug-likeness (QED) is 0.763. The molecule has 2 aromatic rings. The number of fused-ring (bicyclic) bond motifs is 1. The van der Waals surface area contributed by atoms with Gasteiger partial charge in [-0.05, 0) is 86.4 Å². The van der Waals surface area contributed by atoms with Crippen LogP contribution >= 0.6 is 0 Å². The molecular weight excluding hydrogens is 415 g/mol. The van der Waals surface area contributed by atoms with Gasteiger partial charge in [-0.2, -0.15) is 4.31 Å². The van der Waals surface area contributed by atoms with Crippen LogP contribution in [-0.4, -0.2) is 31.7 Å². The van der Waals surface area contributed by atoms with Gasteiger partial charge in [0.25, 0.3) is 0 Å². The summed E-state index contributed by atoms with van der Waals surface area (Å²) in [5, 5.41) is 2.90. The first-order chi connectivity index (χ1) is 14.8. The number of hydrogen-bond donors (Lipinski definition) is 1. The molecule has 1 aliphatic carbocycles. The zero-order valence-corrected chi connectivity index (χ0v) is 18.7. The molecule has 166 valence electrons. The molecule has 7 heteroatoms. The van der Waals surface area contributed by atoms with E-state index in [0.29, 0.717) is 24.3 Å². The fourth-order valence-corrected chi connectivity index (χ4v) is 6.25. The highest BCUT2D eigenvalue weighted by molar-refractivity contribution is 7.89. The Balaban J connectivity index is 1.47. The highest BCUT2D eigenvalue weighted by Crippen LogP contribution is 2.34. The molecule has 1 fully saturated rings. The Kier molecular flexibility index (Phi) is 6.17. The van der Waals surface area contributed by atoms with E-state index in [-0.39, 0.29) is 24.8 Å². The van der Waals surface area contributed by atoms with E-state index in [1.54, 1.807) is 18.2 Å². The summed E-state index contributed by atoms with van der Waals surface area (Å²) in [6.45, 7) is 2.68. The average Bonchev–Trinajstić information content (AvgIpc) is 2.78. The molecule has 0 radical (unpaired) electrons. The highest BCUT2D eigenvalue weighted by atomic mass is 32.2. The first-order valence-corrected chi connectivity index (χ1v) is 12.4. The van der Waals surface area contributed by atoms with Gasteiger partial charge in [-0.15, -0.1) is 0 Å². The predicted octanol–water partition coefficient (Wildman–Crippen LogP) is 3.81. The largest absolute Gasteiger partial charge is 0.352 e. The number of aryl methyl sites for hydroxylation is 2. The van der Waals surface area contributed by atoms with Gasteiger partial charge < -0.3 is 5.32 Å². The number of benzene rings is 2. The number of piperidine rings is 1. The van der Waals surface area contributed by atoms with Crippen molar-refractivity contribution in [2.75, 3.05) is 13.1 Å². The molecule has 0 aromatic heterocycles. The van der Waals surface area contributed by atoms with Crippen LogP contribution in [-0.2, 0) is 34.2 Å². The summed E-state index contributed by atoms with van der Waals surface area (Å²) >= 11 is 0. The van der Waals surface area contributed by atoms with Gasteiger partial charge in [-0.1, -0.05) is 18.2 Å². The summed E-state index contributed by atoms with van der Waals surface area (Å²) in [6, 6.07) is 11.5. The van der Waals surface area contributed by atoms with Crippen LogP contribution in [0.4, 0.5) is 4.39 Å². The second kappa shape index (κ2) is 8.71. The number of halogens is 1. The molecule has 0 saturated carbocycles. The molecule has 1 heterocycles. The summed E-state index contributed by atoms with van der Waals surface area (Å²) in [4.78, 5) is 13.3. The Labute approximate surface area is 183 Å². The van der Waals surface area contributed by atoms with Crippen LogP contribution in [0, 0.1) is 11.2 Å². The van der Waals surface area contributed by atoms with E-state index in [0.717, 1.165) is 36.8 Å². The smallest absolute Gasteiger partial charge is 0.243 e. The van der Waals surface area contributed by atoms with Gasteiger partial charge in [0.15, 0.2) is 0 Å². The molecule has 1 unspecified atom stereocenters. The maximum atomic E-state index is 13.4. The second-order valence-corrected chi connectivity index (χ2v) is 10.9. The van der Waals surface area contributed by atoms with Crippen molar-refractivity contribution in [3.8, 4) is 0 Å². The Morgan fingerprint density at radius 2 is 1.77 bits per heavy atom. The molecule has 2 aromatic carbocycles. The van der Waals surface area contributed by atoms with E-state index < -0.39 is 15.4 Å². The first-order valence-electron chi connectivity index (χ1n) is 10.9. The van der Waals surface area contributed by atoms with Crippen molar-refractivity contribution in [1.29, 1.82) is 0 Å². The Bertz CT molecular complexity index is 1070. The molecule has 4 rings (SSSR count). The maximum Gasteiger partial charge on any atom is 0.243 e. The monoisotopic (exact) mass is 444 g/mol. The molecule has 2 aliphatic rings. The standard InChI is InChI=1S/C24H29FN2O3S/c1-24(23(28)26-16-18-7-10-21(25)11-8-18)13-4-14-27(17-24)31(29,30)22-12-9-19-5-2-3-6-20(19)15-22/h7-12,15H,2-6,13-14,16-17H2,1H3,(H,26,28). The molecule has 0 spiro atoms. The van der Waals surface area contributed by atoms with Crippen LogP contribution in [0.5, 0.6) is 0 Å². The van der Waals surface area contributed by atoms with Crippen molar-refractivity contribution in [2.24, 2.45) is 5.41 Å². The summed E-state index contributed by atoms with van der Waals surface area (Å²) in [5.74, 6) is -0.500. The summed E-state index contributed by atoms with van der Waals surface area (Å²) in [6.07, 6.45) is 5.42. The minimum Gasteiger partial charge on any atom is -0.352 e. The van der Waals surface area contributed by atoms with Gasteiger partial charge in [-0.25, -0.2) is 12.8 Å². The molecule has 1 atom stereocenters. The van der Waals surface area contributed by atoms with Crippen LogP contribution < -0.4 is 5.32 Å². The predicted molar refractivity (Wildman–Crippen MR) is 117 cm³/mol. The highest BCUT2D eigenvalue weighted by Gasteiger charge is 2.42. The maximum absolute atomic E-state index is 13.4. The van der Waals surface area contributed by atoms with Gasteiger partial charge in [0, 0.05) is 19.6 Å². The topological polar surface area (TPSA) is 66.5 Å². The molecule has 1 N–H and O–H groups in total. The van der Waals surface area contributed by atoms with Crippen molar-refractivity contribution in [2.45, 2.75) is 56.9 Å². The third-order valence-corrected chi connectivity index (χ3v) is 8.37. The van der Waals surface area contributed by atoms with E-state index in [1.165, 1.54) is 22.0 Å². The fourth-order valence-electron chi connectivity index (χ4n) is 4.60. The van der Waals surface area contributed by atoms with Gasteiger partial charge >= 0.3 is 0 Å². The minimum absolute atomic E-state index is 0.154. The lowest BCUT2D eigenvalue weighted by molar-refractivity contribution is -0.132. The van der Waals surface area contributed by atoms with E-state index >= 15 is 0 Å². The Morgan fingerprint density at radius 3 is 2.52 bits per heavy atom. The van der Waals surface area contributed by atoms with Crippen LogP contribution in [0.1, 0.15) is 49.3 Å². The van der Waals surface area contributed by atoms with Crippen LogP contribution in [0.3, 0.4) is 0 Å². The first kappa shape index (κ1) is 22.0. The molecular formula is C24H29FN2O3S. The zero-order valence-electron chi connectivity index (χ0n) is 17.9. The SMILES string of the molecule is CC1(C(=O)NCc2ccc(F)cc2)CCCN(S(=O)(=O)c2ccc3c(c2)CCCC3)C1. The summed E-state index contributed by atoms with van der Waals surface area (Å²) in [5.41, 5.74) is 2.37. The third-order valence-electron chi connectivity index (χ3n) is 6.53. The lowest BCUT2D eigenvalue weighted by atomic mass is 9.82. The number of carbonyl (C=O) groups is 1. The Hall–Kier alpha value is -2.25. The normalized spacial score (nSPS) is 22.0. The summed E-state index contributed by atoms with van der Waals surface area (Å²) < 4.78 is 41.2. The van der Waals surface area contributed by atoms with E-state index in [2.05, 4.69) is 5.32 Å².